The molecule has 0 aromatic heterocycles. The molecule has 0 saturated carbocycles. The van der Waals surface area contributed by atoms with Gasteiger partial charge in [-0.1, -0.05) is 4.52 Å². The number of hydrazine groups is 1. The van der Waals surface area contributed by atoms with Crippen molar-refractivity contribution in [3.8, 4) is 5.75 Å². The Morgan fingerprint density at radius 2 is 2.31 bits per heavy atom. The van der Waals surface area contributed by atoms with Crippen molar-refractivity contribution in [1.29, 1.82) is 0 Å². The molecule has 11 heteroatoms. The molecule has 0 bridgehead atoms. The smallest absolute Gasteiger partial charge is 0.462 e. The molecular formula is C15H16FN3O5PS+. The number of amides is 1. The van der Waals surface area contributed by atoms with Crippen LogP contribution in [0.25, 0.3) is 6.08 Å². The number of carbonyl (C=O) groups excluding carboxylic acids is 1. The second-order valence-corrected chi connectivity index (χ2v) is 7.13. The van der Waals surface area contributed by atoms with Crippen molar-refractivity contribution in [3.63, 3.8) is 0 Å². The van der Waals surface area contributed by atoms with Gasteiger partial charge in [0.2, 0.25) is 6.79 Å². The van der Waals surface area contributed by atoms with Gasteiger partial charge in [0.05, 0.1) is 4.91 Å². The van der Waals surface area contributed by atoms with Gasteiger partial charge in [-0.2, -0.15) is 4.99 Å². The maximum Gasteiger partial charge on any atom is 0.698 e. The van der Waals surface area contributed by atoms with Gasteiger partial charge in [0.25, 0.3) is 5.91 Å². The Labute approximate surface area is 154 Å². The van der Waals surface area contributed by atoms with E-state index >= 15 is 0 Å². The van der Waals surface area contributed by atoms with Crippen molar-refractivity contribution in [2.24, 2.45) is 4.99 Å². The molecule has 2 heterocycles. The number of aliphatic imine (C=N–C) groups is 1. The monoisotopic (exact) mass is 400 g/mol. The van der Waals surface area contributed by atoms with Gasteiger partial charge in [-0.3, -0.25) is 9.80 Å². The van der Waals surface area contributed by atoms with Gasteiger partial charge >= 0.3 is 8.25 Å². The quantitative estimate of drug-likeness (QED) is 0.442. The fourth-order valence-corrected chi connectivity index (χ4v) is 3.45. The van der Waals surface area contributed by atoms with E-state index in [2.05, 4.69) is 14.9 Å². The van der Waals surface area contributed by atoms with Gasteiger partial charge < -0.3 is 4.74 Å². The molecular weight excluding hydrogens is 384 g/mol. The summed E-state index contributed by atoms with van der Waals surface area (Å²) in [5.74, 6) is -0.843. The minimum Gasteiger partial charge on any atom is -0.462 e. The predicted molar refractivity (Wildman–Crippen MR) is 94.8 cm³/mol. The highest BCUT2D eigenvalue weighted by Gasteiger charge is 2.27. The number of carbonyl (C=O) groups is 1. The van der Waals surface area contributed by atoms with Crippen LogP contribution in [0.1, 0.15) is 18.4 Å². The van der Waals surface area contributed by atoms with Gasteiger partial charge in [0.15, 0.2) is 5.17 Å². The molecule has 2 aliphatic rings. The Balaban J connectivity index is 1.75. The van der Waals surface area contributed by atoms with E-state index in [9.17, 15) is 13.8 Å². The third-order valence-electron chi connectivity index (χ3n) is 3.59. The summed E-state index contributed by atoms with van der Waals surface area (Å²) in [6.45, 7) is 1.08. The first-order valence-corrected chi connectivity index (χ1v) is 9.72. The zero-order valence-electron chi connectivity index (χ0n) is 13.6. The zero-order valence-corrected chi connectivity index (χ0v) is 15.3. The van der Waals surface area contributed by atoms with Crippen LogP contribution >= 0.6 is 20.0 Å². The van der Waals surface area contributed by atoms with Crippen LogP contribution in [0.2, 0.25) is 0 Å². The van der Waals surface area contributed by atoms with Crippen LogP contribution in [0.5, 0.6) is 5.75 Å². The van der Waals surface area contributed by atoms with E-state index in [1.54, 1.807) is 6.08 Å². The molecule has 0 radical (unpaired) electrons. The molecule has 0 aliphatic carbocycles. The lowest BCUT2D eigenvalue weighted by Crippen LogP contribution is -2.45. The van der Waals surface area contributed by atoms with E-state index in [1.807, 2.05) is 5.01 Å². The van der Waals surface area contributed by atoms with Crippen molar-refractivity contribution in [2.45, 2.75) is 12.8 Å². The topological polar surface area (TPSA) is 100 Å². The fourth-order valence-electron chi connectivity index (χ4n) is 2.39. The average molecular weight is 400 g/mol. The van der Waals surface area contributed by atoms with Crippen molar-refractivity contribution in [1.82, 2.24) is 10.4 Å². The molecule has 1 unspecified atom stereocenters. The highest BCUT2D eigenvalue weighted by molar-refractivity contribution is 8.18. The average Bonchev–Trinajstić information content (AvgIpc) is 2.98. The maximum atomic E-state index is 13.5. The normalized spacial score (nSPS) is 19.7. The Kier molecular flexibility index (Phi) is 6.33. The largest absolute Gasteiger partial charge is 0.698 e. The van der Waals surface area contributed by atoms with Crippen LogP contribution in [0.4, 0.5) is 4.39 Å². The van der Waals surface area contributed by atoms with Gasteiger partial charge in [-0.05, 0) is 42.8 Å². The summed E-state index contributed by atoms with van der Waals surface area (Å²) in [6.07, 6.45) is 3.63. The number of amidine groups is 1. The third-order valence-corrected chi connectivity index (χ3v) is 4.92. The summed E-state index contributed by atoms with van der Waals surface area (Å²) in [7, 11) is -2.82. The summed E-state index contributed by atoms with van der Waals surface area (Å²) in [6, 6.07) is 3.78. The molecule has 8 nitrogen and oxygen atoms in total. The number of rotatable bonds is 5. The molecule has 0 spiro atoms. The molecule has 1 amide bonds. The Morgan fingerprint density at radius 3 is 3.04 bits per heavy atom. The number of halogens is 1. The number of benzene rings is 1. The summed E-state index contributed by atoms with van der Waals surface area (Å²) in [5, 5.41) is 2.42. The Hall–Kier alpha value is -1.84. The van der Waals surface area contributed by atoms with Crippen molar-refractivity contribution >= 4 is 37.2 Å². The van der Waals surface area contributed by atoms with E-state index in [4.69, 9.17) is 9.63 Å². The van der Waals surface area contributed by atoms with Crippen LogP contribution in [-0.2, 0) is 13.9 Å². The van der Waals surface area contributed by atoms with Gasteiger partial charge in [0.1, 0.15) is 11.6 Å². The first kappa shape index (κ1) is 18.9. The second-order valence-electron chi connectivity index (χ2n) is 5.39. The van der Waals surface area contributed by atoms with Crippen LogP contribution in [0.3, 0.4) is 0 Å². The number of hydrogen-bond donors (Lipinski definition) is 2. The lowest BCUT2D eigenvalue weighted by molar-refractivity contribution is -0.113. The lowest BCUT2D eigenvalue weighted by Gasteiger charge is -2.28. The van der Waals surface area contributed by atoms with Crippen LogP contribution in [0, 0.1) is 5.82 Å². The summed E-state index contributed by atoms with van der Waals surface area (Å²) < 4.78 is 33.6. The first-order chi connectivity index (χ1) is 12.5. The maximum absolute atomic E-state index is 13.5. The standard InChI is InChI=1S/C15H15FN3O5PS/c16-11-4-3-10(12(8-11)23-9-24-25(21)22)7-13-14(20)18-15(26-13)19-6-2-1-5-17-19/h3-4,7-8,17H,1-2,5-6,9H2/p+1/b13-7-. The second kappa shape index (κ2) is 8.70. The van der Waals surface area contributed by atoms with Crippen LogP contribution in [0.15, 0.2) is 28.1 Å². The molecule has 1 atom stereocenters. The number of hydrogen-bond acceptors (Lipinski definition) is 7. The zero-order chi connectivity index (χ0) is 18.5. The Morgan fingerprint density at radius 1 is 1.46 bits per heavy atom. The molecule has 26 heavy (non-hydrogen) atoms. The molecule has 2 N–H and O–H groups in total. The number of nitrogens with zero attached hydrogens (tertiary/aromatic N) is 2. The van der Waals surface area contributed by atoms with Crippen molar-refractivity contribution in [2.75, 3.05) is 19.9 Å². The fraction of sp³-hybridized carbons (Fsp3) is 0.333. The summed E-state index contributed by atoms with van der Waals surface area (Å²) >= 11 is 1.22. The van der Waals surface area contributed by atoms with Gasteiger partial charge in [-0.15, -0.1) is 4.89 Å². The summed E-state index contributed by atoms with van der Waals surface area (Å²) in [4.78, 5) is 25.2. The van der Waals surface area contributed by atoms with Gasteiger partial charge in [0, 0.05) is 29.3 Å². The highest BCUT2D eigenvalue weighted by Crippen LogP contribution is 2.33. The van der Waals surface area contributed by atoms with E-state index in [-0.39, 0.29) is 11.7 Å². The third kappa shape index (κ3) is 4.87. The lowest BCUT2D eigenvalue weighted by atomic mass is 10.2. The molecule has 3 rings (SSSR count). The van der Waals surface area contributed by atoms with Crippen molar-refractivity contribution < 1.29 is 27.9 Å². The highest BCUT2D eigenvalue weighted by atomic mass is 32.2. The van der Waals surface area contributed by atoms with E-state index in [1.165, 1.54) is 23.9 Å². The SMILES string of the molecule is O=C1N=C(N2CCCCN2)S/C1=C\c1ccc(F)cc1OCO[P+](=O)O. The molecule has 2 aliphatic heterocycles. The molecule has 1 saturated heterocycles. The number of thioether (sulfide) groups is 1. The van der Waals surface area contributed by atoms with E-state index < -0.39 is 20.9 Å². The van der Waals surface area contributed by atoms with E-state index in [0.29, 0.717) is 15.6 Å². The van der Waals surface area contributed by atoms with Crippen LogP contribution in [-0.4, -0.2) is 40.9 Å². The minimum absolute atomic E-state index is 0.0901. The molecule has 1 aromatic carbocycles. The molecule has 1 fully saturated rings. The number of nitrogens with one attached hydrogen (secondary N) is 1. The predicted octanol–water partition coefficient (Wildman–Crippen LogP) is 2.40. The van der Waals surface area contributed by atoms with Crippen LogP contribution < -0.4 is 10.2 Å². The molecule has 1 aromatic rings. The number of ether oxygens (including phenoxy) is 1. The van der Waals surface area contributed by atoms with E-state index in [0.717, 1.165) is 32.0 Å². The first-order valence-electron chi connectivity index (χ1n) is 7.78. The van der Waals surface area contributed by atoms with Gasteiger partial charge in [-0.25, -0.2) is 9.82 Å². The molecule has 138 valence electrons. The summed E-state index contributed by atoms with van der Waals surface area (Å²) in [5.41, 5.74) is 3.62. The Bertz CT molecular complexity index is 783. The van der Waals surface area contributed by atoms with Crippen molar-refractivity contribution in [3.05, 3.63) is 34.5 Å². The minimum atomic E-state index is -2.82.